The van der Waals surface area contributed by atoms with Gasteiger partial charge < -0.3 is 9.64 Å². The highest BCUT2D eigenvalue weighted by Gasteiger charge is 2.42. The van der Waals surface area contributed by atoms with Gasteiger partial charge in [0.25, 0.3) is 0 Å². The maximum absolute atomic E-state index is 12.5. The minimum atomic E-state index is 0.119. The highest BCUT2D eigenvalue weighted by molar-refractivity contribution is 7.09. The lowest BCUT2D eigenvalue weighted by Gasteiger charge is -2.40. The Morgan fingerprint density at radius 2 is 2.17 bits per heavy atom. The van der Waals surface area contributed by atoms with Crippen LogP contribution < -0.4 is 0 Å². The van der Waals surface area contributed by atoms with Crippen LogP contribution in [-0.4, -0.2) is 60.1 Å². The molecule has 1 atom stereocenters. The van der Waals surface area contributed by atoms with Crippen LogP contribution in [0.15, 0.2) is 11.6 Å². The average molecular weight is 335 g/mol. The zero-order valence-corrected chi connectivity index (χ0v) is 14.4. The fourth-order valence-corrected chi connectivity index (χ4v) is 4.94. The second-order valence-electron chi connectivity index (χ2n) is 7.27. The Bertz CT molecular complexity index is 534. The van der Waals surface area contributed by atoms with E-state index in [1.807, 2.05) is 6.20 Å². The van der Waals surface area contributed by atoms with E-state index in [9.17, 15) is 4.79 Å². The third kappa shape index (κ3) is 3.30. The minimum absolute atomic E-state index is 0.119. The van der Waals surface area contributed by atoms with Crippen molar-refractivity contribution in [1.82, 2.24) is 14.8 Å². The van der Waals surface area contributed by atoms with E-state index in [0.717, 1.165) is 45.5 Å². The molecule has 0 saturated carbocycles. The highest BCUT2D eigenvalue weighted by Crippen LogP contribution is 2.41. The van der Waals surface area contributed by atoms with Gasteiger partial charge in [-0.05, 0) is 37.6 Å². The summed E-state index contributed by atoms with van der Waals surface area (Å²) in [5.41, 5.74) is 0.431. The molecule has 0 bridgehead atoms. The van der Waals surface area contributed by atoms with Crippen LogP contribution in [0.1, 0.15) is 30.7 Å². The smallest absolute Gasteiger partial charge is 0.228 e. The molecule has 3 aliphatic rings. The van der Waals surface area contributed by atoms with Crippen molar-refractivity contribution in [2.75, 3.05) is 39.4 Å². The number of hydrogen-bond donors (Lipinski definition) is 0. The van der Waals surface area contributed by atoms with Crippen LogP contribution >= 0.6 is 11.3 Å². The van der Waals surface area contributed by atoms with E-state index in [2.05, 4.69) is 20.2 Å². The summed E-state index contributed by atoms with van der Waals surface area (Å²) in [6, 6.07) is 0. The van der Waals surface area contributed by atoms with Gasteiger partial charge >= 0.3 is 0 Å². The highest BCUT2D eigenvalue weighted by atomic mass is 32.1. The minimum Gasteiger partial charge on any atom is -0.381 e. The summed E-state index contributed by atoms with van der Waals surface area (Å²) in [6.07, 6.45) is 6.37. The van der Waals surface area contributed by atoms with Crippen molar-refractivity contribution in [3.05, 3.63) is 16.6 Å². The zero-order valence-electron chi connectivity index (χ0n) is 13.6. The number of aromatic nitrogens is 1. The molecular weight excluding hydrogens is 310 g/mol. The molecule has 4 heterocycles. The number of carbonyl (C=O) groups is 1. The lowest BCUT2D eigenvalue weighted by Crippen LogP contribution is -2.46. The predicted octanol–water partition coefficient (Wildman–Crippen LogP) is 1.99. The molecule has 126 valence electrons. The van der Waals surface area contributed by atoms with Crippen molar-refractivity contribution < 1.29 is 9.53 Å². The third-order valence-corrected chi connectivity index (χ3v) is 6.54. The monoisotopic (exact) mass is 335 g/mol. The molecule has 5 nitrogen and oxygen atoms in total. The number of piperidine rings is 1. The van der Waals surface area contributed by atoms with Crippen molar-refractivity contribution in [3.8, 4) is 0 Å². The average Bonchev–Trinajstić information content (AvgIpc) is 3.31. The van der Waals surface area contributed by atoms with E-state index in [1.54, 1.807) is 11.3 Å². The molecule has 1 amide bonds. The van der Waals surface area contributed by atoms with Crippen LogP contribution in [0.25, 0.3) is 0 Å². The largest absolute Gasteiger partial charge is 0.381 e. The summed E-state index contributed by atoms with van der Waals surface area (Å²) in [5, 5.41) is 3.27. The fraction of sp³-hybridized carbons (Fsp3) is 0.765. The summed E-state index contributed by atoms with van der Waals surface area (Å²) >= 11 is 1.75. The van der Waals surface area contributed by atoms with Crippen molar-refractivity contribution in [1.29, 1.82) is 0 Å². The standard InChI is InChI=1S/C17H25N3O2S/c21-16(14-1-9-22-12-14)20-7-3-17(4-8-20)2-6-19(13-17)11-15-18-5-10-23-15/h5,10,14H,1-4,6-9,11-13H2/t14-/m1/s1. The molecule has 1 aromatic rings. The number of amides is 1. The first kappa shape index (κ1) is 15.5. The normalized spacial score (nSPS) is 27.8. The first-order valence-electron chi connectivity index (χ1n) is 8.71. The molecule has 3 fully saturated rings. The second-order valence-corrected chi connectivity index (χ2v) is 8.25. The van der Waals surface area contributed by atoms with E-state index < -0.39 is 0 Å². The number of ether oxygens (including phenoxy) is 1. The maximum atomic E-state index is 12.5. The lowest BCUT2D eigenvalue weighted by molar-refractivity contribution is -0.137. The second kappa shape index (κ2) is 6.49. The van der Waals surface area contributed by atoms with Gasteiger partial charge in [0, 0.05) is 37.8 Å². The van der Waals surface area contributed by atoms with E-state index in [4.69, 9.17) is 4.74 Å². The number of thiazole rings is 1. The summed E-state index contributed by atoms with van der Waals surface area (Å²) in [4.78, 5) is 21.5. The van der Waals surface area contributed by atoms with Gasteiger partial charge in [-0.1, -0.05) is 0 Å². The lowest BCUT2D eigenvalue weighted by atomic mass is 9.77. The summed E-state index contributed by atoms with van der Waals surface area (Å²) in [5.74, 6) is 0.448. The Kier molecular flexibility index (Phi) is 4.39. The van der Waals surface area contributed by atoms with Crippen molar-refractivity contribution in [3.63, 3.8) is 0 Å². The first-order valence-corrected chi connectivity index (χ1v) is 9.59. The number of carbonyl (C=O) groups excluding carboxylic acids is 1. The van der Waals surface area contributed by atoms with Gasteiger partial charge in [-0.2, -0.15) is 0 Å². The summed E-state index contributed by atoms with van der Waals surface area (Å²) < 4.78 is 5.37. The first-order chi connectivity index (χ1) is 11.2. The van der Waals surface area contributed by atoms with Crippen LogP contribution in [0.3, 0.4) is 0 Å². The molecule has 0 aromatic carbocycles. The molecule has 3 saturated heterocycles. The van der Waals surface area contributed by atoms with Gasteiger partial charge in [-0.15, -0.1) is 11.3 Å². The molecule has 1 spiro atoms. The van der Waals surface area contributed by atoms with Gasteiger partial charge in [-0.3, -0.25) is 9.69 Å². The number of rotatable bonds is 3. The quantitative estimate of drug-likeness (QED) is 0.847. The van der Waals surface area contributed by atoms with Gasteiger partial charge in [0.15, 0.2) is 0 Å². The number of nitrogens with zero attached hydrogens (tertiary/aromatic N) is 3. The van der Waals surface area contributed by atoms with E-state index in [0.29, 0.717) is 17.9 Å². The van der Waals surface area contributed by atoms with Crippen LogP contribution in [0.4, 0.5) is 0 Å². The topological polar surface area (TPSA) is 45.7 Å². The van der Waals surface area contributed by atoms with Crippen LogP contribution in [-0.2, 0) is 16.1 Å². The van der Waals surface area contributed by atoms with Crippen LogP contribution in [0.5, 0.6) is 0 Å². The Hall–Kier alpha value is -0.980. The number of hydrogen-bond acceptors (Lipinski definition) is 5. The molecule has 0 aliphatic carbocycles. The zero-order chi connectivity index (χ0) is 15.7. The molecule has 23 heavy (non-hydrogen) atoms. The molecular formula is C17H25N3O2S. The Labute approximate surface area is 141 Å². The van der Waals surface area contributed by atoms with Gasteiger partial charge in [0.1, 0.15) is 5.01 Å². The molecule has 6 heteroatoms. The van der Waals surface area contributed by atoms with E-state index >= 15 is 0 Å². The third-order valence-electron chi connectivity index (χ3n) is 5.77. The maximum Gasteiger partial charge on any atom is 0.228 e. The predicted molar refractivity (Wildman–Crippen MR) is 89.2 cm³/mol. The van der Waals surface area contributed by atoms with E-state index in [-0.39, 0.29) is 5.92 Å². The Morgan fingerprint density at radius 3 is 2.87 bits per heavy atom. The van der Waals surface area contributed by atoms with E-state index in [1.165, 1.54) is 24.5 Å². The van der Waals surface area contributed by atoms with Gasteiger partial charge in [-0.25, -0.2) is 4.98 Å². The molecule has 0 N–H and O–H groups in total. The van der Waals surface area contributed by atoms with Crippen LogP contribution in [0, 0.1) is 11.3 Å². The van der Waals surface area contributed by atoms with Gasteiger partial charge in [0.2, 0.25) is 5.91 Å². The molecule has 1 aromatic heterocycles. The number of likely N-dealkylation sites (tertiary alicyclic amines) is 2. The molecule has 0 radical (unpaired) electrons. The molecule has 3 aliphatic heterocycles. The molecule has 4 rings (SSSR count). The molecule has 0 unspecified atom stereocenters. The summed E-state index contributed by atoms with van der Waals surface area (Å²) in [7, 11) is 0. The Morgan fingerprint density at radius 1 is 1.35 bits per heavy atom. The fourth-order valence-electron chi connectivity index (χ4n) is 4.28. The van der Waals surface area contributed by atoms with Crippen LogP contribution in [0.2, 0.25) is 0 Å². The Balaban J connectivity index is 1.30. The van der Waals surface area contributed by atoms with Gasteiger partial charge in [0.05, 0.1) is 19.1 Å². The SMILES string of the molecule is O=C([C@@H]1CCOC1)N1CCC2(CCN(Cc3nccs3)C2)CC1. The van der Waals surface area contributed by atoms with Crippen molar-refractivity contribution in [2.24, 2.45) is 11.3 Å². The summed E-state index contributed by atoms with van der Waals surface area (Å²) in [6.45, 7) is 6.56. The van der Waals surface area contributed by atoms with Crippen molar-refractivity contribution in [2.45, 2.75) is 32.2 Å². The van der Waals surface area contributed by atoms with Crippen molar-refractivity contribution >= 4 is 17.2 Å².